The lowest BCUT2D eigenvalue weighted by Gasteiger charge is -2.29. The highest BCUT2D eigenvalue weighted by molar-refractivity contribution is 5.97. The first-order valence-electron chi connectivity index (χ1n) is 7.12. The predicted molar refractivity (Wildman–Crippen MR) is 80.3 cm³/mol. The minimum Gasteiger partial charge on any atom is -0.480 e. The van der Waals surface area contributed by atoms with Crippen LogP contribution in [0.25, 0.3) is 0 Å². The van der Waals surface area contributed by atoms with Crippen LogP contribution in [0.4, 0.5) is 0 Å². The zero-order valence-corrected chi connectivity index (χ0v) is 12.9. The minimum absolute atomic E-state index is 0.321. The van der Waals surface area contributed by atoms with E-state index in [-0.39, 0.29) is 0 Å². The third-order valence-corrected chi connectivity index (χ3v) is 3.23. The highest BCUT2D eigenvalue weighted by atomic mass is 16.4. The van der Waals surface area contributed by atoms with E-state index in [1.165, 1.54) is 36.4 Å². The van der Waals surface area contributed by atoms with Crippen molar-refractivity contribution in [2.24, 2.45) is 0 Å². The number of amides is 2. The van der Waals surface area contributed by atoms with E-state index in [0.717, 1.165) is 0 Å². The number of nitrogens with one attached hydrogen (secondary N) is 1. The number of carbonyl (C=O) groups excluding carboxylic acids is 2. The fourth-order valence-electron chi connectivity index (χ4n) is 1.96. The van der Waals surface area contributed by atoms with Crippen LogP contribution < -0.4 is 5.32 Å². The molecule has 0 spiro atoms. The summed E-state index contributed by atoms with van der Waals surface area (Å²) in [5.41, 5.74) is 0.392. The highest BCUT2D eigenvalue weighted by Gasteiger charge is 2.29. The molecule has 0 aliphatic heterocycles. The lowest BCUT2D eigenvalue weighted by molar-refractivity contribution is -0.150. The maximum absolute atomic E-state index is 12.4. The Labute approximate surface area is 129 Å². The molecule has 0 bridgehead atoms. The Morgan fingerprint density at radius 3 is 2.36 bits per heavy atom. The van der Waals surface area contributed by atoms with Gasteiger partial charge < -0.3 is 15.3 Å². The lowest BCUT2D eigenvalue weighted by Crippen LogP contribution is -2.52. The molecule has 0 aliphatic carbocycles. The van der Waals surface area contributed by atoms with Crippen molar-refractivity contribution in [3.63, 3.8) is 0 Å². The standard InChI is InChI=1S/C15H21N3O4/c1-4-9-18(11(3)15(21)22)14(20)10(2)17-13(19)12-5-7-16-8-6-12/h5-8,10-11H,4,9H2,1-3H3,(H,17,19)(H,21,22)/t10-,11+/m1/s1. The van der Waals surface area contributed by atoms with Gasteiger partial charge in [0, 0.05) is 24.5 Å². The highest BCUT2D eigenvalue weighted by Crippen LogP contribution is 2.06. The van der Waals surface area contributed by atoms with Crippen molar-refractivity contribution < 1.29 is 19.5 Å². The summed E-state index contributed by atoms with van der Waals surface area (Å²) in [5.74, 6) is -1.89. The molecule has 0 saturated carbocycles. The van der Waals surface area contributed by atoms with Gasteiger partial charge in [-0.3, -0.25) is 14.6 Å². The normalized spacial score (nSPS) is 13.0. The molecule has 2 amide bonds. The van der Waals surface area contributed by atoms with Crippen LogP contribution in [0.1, 0.15) is 37.6 Å². The summed E-state index contributed by atoms with van der Waals surface area (Å²) in [5, 5.41) is 11.7. The second-order valence-corrected chi connectivity index (χ2v) is 4.98. The maximum Gasteiger partial charge on any atom is 0.326 e. The van der Waals surface area contributed by atoms with E-state index < -0.39 is 29.9 Å². The van der Waals surface area contributed by atoms with Gasteiger partial charge in [-0.1, -0.05) is 6.92 Å². The van der Waals surface area contributed by atoms with Crippen molar-refractivity contribution in [2.45, 2.75) is 39.3 Å². The Morgan fingerprint density at radius 1 is 1.27 bits per heavy atom. The molecule has 0 unspecified atom stereocenters. The maximum atomic E-state index is 12.4. The number of aromatic nitrogens is 1. The smallest absolute Gasteiger partial charge is 0.326 e. The molecule has 22 heavy (non-hydrogen) atoms. The van der Waals surface area contributed by atoms with E-state index >= 15 is 0 Å². The summed E-state index contributed by atoms with van der Waals surface area (Å²) in [4.78, 5) is 40.6. The Hall–Kier alpha value is -2.44. The van der Waals surface area contributed by atoms with Crippen molar-refractivity contribution in [2.75, 3.05) is 6.54 Å². The molecule has 0 aliphatic rings. The Kier molecular flexibility index (Phi) is 6.49. The van der Waals surface area contributed by atoms with Gasteiger partial charge in [0.1, 0.15) is 12.1 Å². The van der Waals surface area contributed by atoms with Crippen LogP contribution in [-0.4, -0.2) is 51.4 Å². The van der Waals surface area contributed by atoms with Crippen LogP contribution in [0.3, 0.4) is 0 Å². The lowest BCUT2D eigenvalue weighted by atomic mass is 10.2. The van der Waals surface area contributed by atoms with E-state index in [1.807, 2.05) is 6.92 Å². The molecule has 7 heteroatoms. The van der Waals surface area contributed by atoms with E-state index in [4.69, 9.17) is 5.11 Å². The van der Waals surface area contributed by atoms with E-state index in [1.54, 1.807) is 6.92 Å². The van der Waals surface area contributed by atoms with E-state index in [9.17, 15) is 14.4 Å². The molecule has 2 atom stereocenters. The number of carbonyl (C=O) groups is 3. The fourth-order valence-corrected chi connectivity index (χ4v) is 1.96. The molecule has 0 radical (unpaired) electrons. The first-order chi connectivity index (χ1) is 10.4. The zero-order valence-electron chi connectivity index (χ0n) is 12.9. The van der Waals surface area contributed by atoms with Crippen LogP contribution in [0.15, 0.2) is 24.5 Å². The largest absolute Gasteiger partial charge is 0.480 e. The summed E-state index contributed by atoms with van der Waals surface area (Å²) >= 11 is 0. The average Bonchev–Trinajstić information content (AvgIpc) is 2.51. The van der Waals surface area contributed by atoms with Crippen LogP contribution >= 0.6 is 0 Å². The van der Waals surface area contributed by atoms with Gasteiger partial charge in [0.05, 0.1) is 0 Å². The van der Waals surface area contributed by atoms with Gasteiger partial charge in [-0.15, -0.1) is 0 Å². The number of carboxylic acid groups (broad SMARTS) is 1. The monoisotopic (exact) mass is 307 g/mol. The van der Waals surface area contributed by atoms with Gasteiger partial charge in [-0.25, -0.2) is 4.79 Å². The second kappa shape index (κ2) is 8.11. The number of aliphatic carboxylic acids is 1. The topological polar surface area (TPSA) is 99.6 Å². The van der Waals surface area contributed by atoms with Gasteiger partial charge in [0.25, 0.3) is 5.91 Å². The molecule has 2 N–H and O–H groups in total. The molecule has 0 aromatic carbocycles. The van der Waals surface area contributed by atoms with Crippen LogP contribution in [0, 0.1) is 0 Å². The Balaban J connectivity index is 2.77. The third-order valence-electron chi connectivity index (χ3n) is 3.23. The number of pyridine rings is 1. The molecular weight excluding hydrogens is 286 g/mol. The molecule has 1 aromatic heterocycles. The quantitative estimate of drug-likeness (QED) is 0.780. The number of hydrogen-bond acceptors (Lipinski definition) is 4. The fraction of sp³-hybridized carbons (Fsp3) is 0.467. The van der Waals surface area contributed by atoms with Gasteiger partial charge in [-0.2, -0.15) is 0 Å². The van der Waals surface area contributed by atoms with Gasteiger partial charge >= 0.3 is 5.97 Å². The average molecular weight is 307 g/mol. The molecule has 7 nitrogen and oxygen atoms in total. The molecule has 120 valence electrons. The summed E-state index contributed by atoms with van der Waals surface area (Å²) < 4.78 is 0. The van der Waals surface area contributed by atoms with E-state index in [2.05, 4.69) is 10.3 Å². The molecular formula is C15H21N3O4. The SMILES string of the molecule is CCCN(C(=O)[C@@H](C)NC(=O)c1ccncc1)[C@@H](C)C(=O)O. The molecule has 1 heterocycles. The van der Waals surface area contributed by atoms with Crippen molar-refractivity contribution in [3.05, 3.63) is 30.1 Å². The molecule has 0 saturated heterocycles. The van der Waals surface area contributed by atoms with Gasteiger partial charge in [0.2, 0.25) is 5.91 Å². The van der Waals surface area contributed by atoms with Gasteiger partial charge in [-0.05, 0) is 32.4 Å². The van der Waals surface area contributed by atoms with Crippen LogP contribution in [0.5, 0.6) is 0 Å². The second-order valence-electron chi connectivity index (χ2n) is 4.98. The Bertz CT molecular complexity index is 533. The van der Waals surface area contributed by atoms with Crippen molar-refractivity contribution in [1.29, 1.82) is 0 Å². The summed E-state index contributed by atoms with van der Waals surface area (Å²) in [7, 11) is 0. The number of nitrogens with zero attached hydrogens (tertiary/aromatic N) is 2. The summed E-state index contributed by atoms with van der Waals surface area (Å²) in [6.45, 7) is 5.17. The number of carboxylic acids is 1. The summed E-state index contributed by atoms with van der Waals surface area (Å²) in [6.07, 6.45) is 3.60. The van der Waals surface area contributed by atoms with Crippen molar-refractivity contribution in [1.82, 2.24) is 15.2 Å². The minimum atomic E-state index is -1.07. The molecule has 1 aromatic rings. The zero-order chi connectivity index (χ0) is 16.7. The van der Waals surface area contributed by atoms with Crippen LogP contribution in [0.2, 0.25) is 0 Å². The van der Waals surface area contributed by atoms with Crippen LogP contribution in [-0.2, 0) is 9.59 Å². The first kappa shape index (κ1) is 17.6. The number of hydrogen-bond donors (Lipinski definition) is 2. The Morgan fingerprint density at radius 2 is 1.86 bits per heavy atom. The van der Waals surface area contributed by atoms with Crippen molar-refractivity contribution in [3.8, 4) is 0 Å². The number of rotatable bonds is 7. The molecule has 0 fully saturated rings. The predicted octanol–water partition coefficient (Wildman–Crippen LogP) is 0.912. The first-order valence-corrected chi connectivity index (χ1v) is 7.12. The third kappa shape index (κ3) is 4.54. The summed E-state index contributed by atoms with van der Waals surface area (Å²) in [6, 6.07) is 1.33. The van der Waals surface area contributed by atoms with Crippen molar-refractivity contribution >= 4 is 17.8 Å². The van der Waals surface area contributed by atoms with Gasteiger partial charge in [0.15, 0.2) is 0 Å². The molecule has 1 rings (SSSR count). The van der Waals surface area contributed by atoms with E-state index in [0.29, 0.717) is 18.5 Å².